The van der Waals surface area contributed by atoms with Crippen molar-refractivity contribution >= 4 is 32.7 Å². The topological polar surface area (TPSA) is 74.7 Å². The fourth-order valence-corrected chi connectivity index (χ4v) is 6.10. The summed E-state index contributed by atoms with van der Waals surface area (Å²) in [6.07, 6.45) is 5.82. The number of rotatable bonds is 6. The van der Waals surface area contributed by atoms with Gasteiger partial charge in [-0.1, -0.05) is 70.0 Å². The lowest BCUT2D eigenvalue weighted by Crippen LogP contribution is -2.31. The number of aromatic nitrogens is 1. The average molecular weight is 497 g/mol. The highest BCUT2D eigenvalue weighted by molar-refractivity contribution is 7.89. The van der Waals surface area contributed by atoms with Gasteiger partial charge in [0.1, 0.15) is 0 Å². The van der Waals surface area contributed by atoms with Crippen molar-refractivity contribution in [2.24, 2.45) is 5.10 Å². The molecule has 6 nitrogen and oxygen atoms in total. The fourth-order valence-electron chi connectivity index (χ4n) is 3.92. The van der Waals surface area contributed by atoms with Crippen molar-refractivity contribution in [3.63, 3.8) is 0 Å². The molecule has 0 aliphatic carbocycles. The van der Waals surface area contributed by atoms with E-state index >= 15 is 0 Å². The normalized spacial score (nSPS) is 16.0. The van der Waals surface area contributed by atoms with Gasteiger partial charge in [-0.25, -0.2) is 13.4 Å². The van der Waals surface area contributed by atoms with E-state index in [1.165, 1.54) is 16.9 Å². The van der Waals surface area contributed by atoms with Crippen molar-refractivity contribution < 1.29 is 8.42 Å². The van der Waals surface area contributed by atoms with Crippen molar-refractivity contribution in [2.45, 2.75) is 56.8 Å². The van der Waals surface area contributed by atoms with Gasteiger partial charge in [-0.05, 0) is 41.5 Å². The van der Waals surface area contributed by atoms with Crippen LogP contribution in [0.3, 0.4) is 0 Å². The molecule has 0 saturated carbocycles. The van der Waals surface area contributed by atoms with Crippen LogP contribution in [-0.2, 0) is 15.4 Å². The summed E-state index contributed by atoms with van der Waals surface area (Å²) in [7, 11) is -3.44. The van der Waals surface area contributed by atoms with Crippen LogP contribution in [0.4, 0.5) is 5.13 Å². The smallest absolute Gasteiger partial charge is 0.243 e. The molecule has 1 aliphatic heterocycles. The van der Waals surface area contributed by atoms with E-state index in [4.69, 9.17) is 0 Å². The lowest BCUT2D eigenvalue weighted by Gasteiger charge is -2.19. The summed E-state index contributed by atoms with van der Waals surface area (Å²) in [5.41, 5.74) is 7.07. The molecule has 2 aromatic carbocycles. The van der Waals surface area contributed by atoms with Gasteiger partial charge in [-0.2, -0.15) is 9.41 Å². The summed E-state index contributed by atoms with van der Waals surface area (Å²) < 4.78 is 27.6. The van der Waals surface area contributed by atoms with Crippen LogP contribution in [0.5, 0.6) is 0 Å². The second-order valence-corrected chi connectivity index (χ2v) is 12.4. The Morgan fingerprint density at radius 1 is 0.971 bits per heavy atom. The van der Waals surface area contributed by atoms with Crippen LogP contribution < -0.4 is 5.43 Å². The minimum Gasteiger partial charge on any atom is -0.253 e. The number of anilines is 1. The first-order chi connectivity index (χ1) is 16.2. The summed E-state index contributed by atoms with van der Waals surface area (Å²) in [4.78, 5) is 4.93. The number of hydrogen-bond donors (Lipinski definition) is 1. The Labute approximate surface area is 206 Å². The Bertz CT molecular complexity index is 1220. The van der Waals surface area contributed by atoms with Crippen molar-refractivity contribution in [1.82, 2.24) is 9.29 Å². The average Bonchev–Trinajstić information content (AvgIpc) is 3.10. The van der Waals surface area contributed by atoms with Crippen LogP contribution in [0.25, 0.3) is 11.3 Å². The molecule has 0 atom stereocenters. The predicted molar refractivity (Wildman–Crippen MR) is 141 cm³/mol. The molecule has 0 amide bonds. The SMILES string of the molecule is CC(C)(C)c1ccc(C=NNc2nc(-c3ccc(S(=O)(=O)N4CCCCCC4)cc3)cs2)cc1. The summed E-state index contributed by atoms with van der Waals surface area (Å²) in [5, 5.41) is 6.92. The maximum Gasteiger partial charge on any atom is 0.243 e. The molecular formula is C26H32N4O2S2. The predicted octanol–water partition coefficient (Wildman–Crippen LogP) is 6.12. The quantitative estimate of drug-likeness (QED) is 0.330. The Morgan fingerprint density at radius 2 is 1.62 bits per heavy atom. The van der Waals surface area contributed by atoms with Crippen molar-refractivity contribution in [3.05, 3.63) is 65.0 Å². The molecule has 1 saturated heterocycles. The number of hydrogen-bond acceptors (Lipinski definition) is 6. The van der Waals surface area contributed by atoms with Gasteiger partial charge in [0.05, 0.1) is 16.8 Å². The minimum atomic E-state index is -3.44. The second kappa shape index (κ2) is 10.4. The fraction of sp³-hybridized carbons (Fsp3) is 0.385. The number of nitrogens with one attached hydrogen (secondary N) is 1. The summed E-state index contributed by atoms with van der Waals surface area (Å²) >= 11 is 1.46. The van der Waals surface area contributed by atoms with E-state index in [1.54, 1.807) is 22.7 Å². The van der Waals surface area contributed by atoms with Gasteiger partial charge in [0.25, 0.3) is 0 Å². The molecule has 1 fully saturated rings. The first kappa shape index (κ1) is 24.6. The Hall–Kier alpha value is -2.55. The highest BCUT2D eigenvalue weighted by Crippen LogP contribution is 2.27. The van der Waals surface area contributed by atoms with Crippen LogP contribution in [-0.4, -0.2) is 37.0 Å². The molecule has 34 heavy (non-hydrogen) atoms. The lowest BCUT2D eigenvalue weighted by atomic mass is 9.87. The third kappa shape index (κ3) is 5.92. The number of benzene rings is 2. The van der Waals surface area contributed by atoms with Crippen molar-refractivity contribution in [2.75, 3.05) is 18.5 Å². The molecule has 0 unspecified atom stereocenters. The Balaban J connectivity index is 1.39. The van der Waals surface area contributed by atoms with Crippen molar-refractivity contribution in [3.8, 4) is 11.3 Å². The van der Waals surface area contributed by atoms with E-state index in [9.17, 15) is 8.42 Å². The first-order valence-corrected chi connectivity index (χ1v) is 14.0. The van der Waals surface area contributed by atoms with Crippen LogP contribution in [0.2, 0.25) is 0 Å². The highest BCUT2D eigenvalue weighted by Gasteiger charge is 2.25. The van der Waals surface area contributed by atoms with Crippen LogP contribution in [0.15, 0.2) is 63.9 Å². The molecule has 0 bridgehead atoms. The van der Waals surface area contributed by atoms with Crippen LogP contribution in [0, 0.1) is 0 Å². The Kier molecular flexibility index (Phi) is 7.50. The molecule has 4 rings (SSSR count). The molecule has 3 aromatic rings. The largest absolute Gasteiger partial charge is 0.253 e. The van der Waals surface area contributed by atoms with E-state index in [1.807, 2.05) is 17.5 Å². The zero-order valence-electron chi connectivity index (χ0n) is 20.0. The zero-order valence-corrected chi connectivity index (χ0v) is 21.6. The van der Waals surface area contributed by atoms with Gasteiger partial charge in [-0.3, -0.25) is 5.43 Å². The minimum absolute atomic E-state index is 0.126. The van der Waals surface area contributed by atoms with E-state index < -0.39 is 10.0 Å². The van der Waals surface area contributed by atoms with E-state index in [0.717, 1.165) is 42.5 Å². The van der Waals surface area contributed by atoms with E-state index in [-0.39, 0.29) is 5.41 Å². The van der Waals surface area contributed by atoms with Gasteiger partial charge in [0, 0.05) is 24.0 Å². The third-order valence-corrected chi connectivity index (χ3v) is 8.67. The lowest BCUT2D eigenvalue weighted by molar-refractivity contribution is 0.424. The standard InChI is InChI=1S/C26H32N4O2S2/c1-26(2,3)22-12-8-20(9-13-22)18-27-29-25-28-24(19-33-25)21-10-14-23(15-11-21)34(31,32)30-16-6-4-5-7-17-30/h8-15,18-19H,4-7,16-17H2,1-3H3,(H,28,29). The molecule has 1 aromatic heterocycles. The second-order valence-electron chi connectivity index (χ2n) is 9.62. The van der Waals surface area contributed by atoms with Gasteiger partial charge in [0.15, 0.2) is 0 Å². The number of sulfonamides is 1. The maximum atomic E-state index is 13.0. The van der Waals surface area contributed by atoms with E-state index in [2.05, 4.69) is 60.5 Å². The molecular weight excluding hydrogens is 464 g/mol. The third-order valence-electron chi connectivity index (χ3n) is 6.01. The molecule has 1 N–H and O–H groups in total. The van der Waals surface area contributed by atoms with Crippen LogP contribution in [0.1, 0.15) is 57.6 Å². The van der Waals surface area contributed by atoms with Crippen LogP contribution >= 0.6 is 11.3 Å². The highest BCUT2D eigenvalue weighted by atomic mass is 32.2. The molecule has 8 heteroatoms. The van der Waals surface area contributed by atoms with Gasteiger partial charge in [-0.15, -0.1) is 11.3 Å². The number of thiazole rings is 1. The maximum absolute atomic E-state index is 13.0. The molecule has 0 radical (unpaired) electrons. The Morgan fingerprint density at radius 3 is 2.24 bits per heavy atom. The van der Waals surface area contributed by atoms with Crippen molar-refractivity contribution in [1.29, 1.82) is 0 Å². The summed E-state index contributed by atoms with van der Waals surface area (Å²) in [6.45, 7) is 7.79. The summed E-state index contributed by atoms with van der Waals surface area (Å²) in [5.74, 6) is 0. The van der Waals surface area contributed by atoms with E-state index in [0.29, 0.717) is 23.1 Å². The molecule has 1 aliphatic rings. The van der Waals surface area contributed by atoms with Gasteiger partial charge < -0.3 is 0 Å². The molecule has 0 spiro atoms. The van der Waals surface area contributed by atoms with Gasteiger partial charge in [0.2, 0.25) is 15.2 Å². The van der Waals surface area contributed by atoms with Gasteiger partial charge >= 0.3 is 0 Å². The number of hydrazone groups is 1. The zero-order chi connectivity index (χ0) is 24.2. The first-order valence-electron chi connectivity index (χ1n) is 11.7. The number of nitrogens with zero attached hydrogens (tertiary/aromatic N) is 3. The monoisotopic (exact) mass is 496 g/mol. The molecule has 180 valence electrons. The summed E-state index contributed by atoms with van der Waals surface area (Å²) in [6, 6.07) is 15.4. The molecule has 2 heterocycles.